The molecule has 0 unspecified atom stereocenters. The first-order chi connectivity index (χ1) is 6.97. The second-order valence-corrected chi connectivity index (χ2v) is 7.03. The SMILES string of the molecule is Cc1ncc2cc(P(C)(C)=O)ncc2n1. The number of rotatable bonds is 1. The summed E-state index contributed by atoms with van der Waals surface area (Å²) >= 11 is 0. The molecule has 0 spiro atoms. The summed E-state index contributed by atoms with van der Waals surface area (Å²) in [7, 11) is -2.30. The van der Waals surface area contributed by atoms with Crippen LogP contribution in [0.4, 0.5) is 0 Å². The molecule has 0 aliphatic rings. The Morgan fingerprint density at radius 2 is 1.93 bits per heavy atom. The number of pyridine rings is 1. The van der Waals surface area contributed by atoms with Crippen molar-refractivity contribution in [2.45, 2.75) is 6.92 Å². The summed E-state index contributed by atoms with van der Waals surface area (Å²) in [6.45, 7) is 5.24. The zero-order valence-electron chi connectivity index (χ0n) is 8.93. The minimum absolute atomic E-state index is 0.627. The van der Waals surface area contributed by atoms with E-state index in [0.717, 1.165) is 10.9 Å². The zero-order chi connectivity index (χ0) is 11.1. The van der Waals surface area contributed by atoms with Gasteiger partial charge < -0.3 is 4.57 Å². The summed E-state index contributed by atoms with van der Waals surface area (Å²) in [5.74, 6) is 0.716. The van der Waals surface area contributed by atoms with Crippen molar-refractivity contribution in [1.29, 1.82) is 0 Å². The van der Waals surface area contributed by atoms with Crippen LogP contribution in [0.15, 0.2) is 18.5 Å². The Balaban J connectivity index is 2.67. The van der Waals surface area contributed by atoms with Gasteiger partial charge in [0.2, 0.25) is 0 Å². The summed E-state index contributed by atoms with van der Waals surface area (Å²) in [6, 6.07) is 1.80. The highest BCUT2D eigenvalue weighted by Gasteiger charge is 2.13. The molecule has 2 aromatic rings. The quantitative estimate of drug-likeness (QED) is 0.686. The van der Waals surface area contributed by atoms with Crippen LogP contribution in [0.3, 0.4) is 0 Å². The lowest BCUT2D eigenvalue weighted by atomic mass is 10.3. The van der Waals surface area contributed by atoms with Crippen LogP contribution in [0.2, 0.25) is 0 Å². The second kappa shape index (κ2) is 3.38. The molecule has 2 heterocycles. The fourth-order valence-electron chi connectivity index (χ4n) is 1.31. The number of aryl methyl sites for hydroxylation is 1. The predicted octanol–water partition coefficient (Wildman–Crippen LogP) is 1.58. The molecule has 0 amide bonds. The maximum atomic E-state index is 11.8. The van der Waals surface area contributed by atoms with E-state index in [1.165, 1.54) is 0 Å². The van der Waals surface area contributed by atoms with Crippen LogP contribution in [0.5, 0.6) is 0 Å². The van der Waals surface area contributed by atoms with E-state index in [9.17, 15) is 4.57 Å². The van der Waals surface area contributed by atoms with E-state index in [-0.39, 0.29) is 0 Å². The summed E-state index contributed by atoms with van der Waals surface area (Å²) in [5, 5.41) is 0.884. The molecule has 0 bridgehead atoms. The Hall–Kier alpha value is -1.28. The third-order valence-electron chi connectivity index (χ3n) is 2.12. The molecular weight excluding hydrogens is 209 g/mol. The van der Waals surface area contributed by atoms with E-state index in [2.05, 4.69) is 15.0 Å². The zero-order valence-corrected chi connectivity index (χ0v) is 9.82. The lowest BCUT2D eigenvalue weighted by molar-refractivity contribution is 0.588. The molecule has 0 fully saturated rings. The predicted molar refractivity (Wildman–Crippen MR) is 61.2 cm³/mol. The second-order valence-electron chi connectivity index (χ2n) is 3.87. The van der Waals surface area contributed by atoms with E-state index >= 15 is 0 Å². The molecule has 5 heteroatoms. The summed E-state index contributed by atoms with van der Waals surface area (Å²) < 4.78 is 11.8. The maximum Gasteiger partial charge on any atom is 0.127 e. The molecule has 0 radical (unpaired) electrons. The molecule has 0 saturated heterocycles. The smallest absolute Gasteiger partial charge is 0.127 e. The normalized spacial score (nSPS) is 11.9. The molecular formula is C10H12N3OP. The van der Waals surface area contributed by atoms with Crippen molar-refractivity contribution >= 4 is 23.5 Å². The summed E-state index contributed by atoms with van der Waals surface area (Å²) in [5.41, 5.74) is 1.42. The molecule has 0 atom stereocenters. The molecule has 15 heavy (non-hydrogen) atoms. The highest BCUT2D eigenvalue weighted by atomic mass is 31.2. The van der Waals surface area contributed by atoms with Crippen LogP contribution in [-0.4, -0.2) is 28.3 Å². The van der Waals surface area contributed by atoms with Gasteiger partial charge >= 0.3 is 0 Å². The molecule has 0 N–H and O–H groups in total. The van der Waals surface area contributed by atoms with Crippen LogP contribution >= 0.6 is 7.14 Å². The van der Waals surface area contributed by atoms with Crippen LogP contribution in [0, 0.1) is 6.92 Å². The first kappa shape index (κ1) is 10.2. The molecule has 4 nitrogen and oxygen atoms in total. The lowest BCUT2D eigenvalue weighted by Gasteiger charge is -2.06. The number of fused-ring (bicyclic) bond motifs is 1. The fraction of sp³-hybridized carbons (Fsp3) is 0.300. The first-order valence-corrected chi connectivity index (χ1v) is 7.22. The standard InChI is InChI=1S/C10H12N3OP/c1-7-11-5-8-4-10(15(2,3)14)12-6-9(8)13-7/h4-6H,1-3H3. The molecule has 78 valence electrons. The third-order valence-corrected chi connectivity index (χ3v) is 3.47. The van der Waals surface area contributed by atoms with Gasteiger partial charge in [0, 0.05) is 11.6 Å². The number of hydrogen-bond donors (Lipinski definition) is 0. The van der Waals surface area contributed by atoms with E-state index in [4.69, 9.17) is 0 Å². The van der Waals surface area contributed by atoms with Crippen LogP contribution in [-0.2, 0) is 4.57 Å². The van der Waals surface area contributed by atoms with Gasteiger partial charge in [0.05, 0.1) is 11.7 Å². The van der Waals surface area contributed by atoms with Crippen molar-refractivity contribution in [3.63, 3.8) is 0 Å². The lowest BCUT2D eigenvalue weighted by Crippen LogP contribution is -2.08. The van der Waals surface area contributed by atoms with Gasteiger partial charge in [0.25, 0.3) is 0 Å². The van der Waals surface area contributed by atoms with Crippen molar-refractivity contribution in [2.24, 2.45) is 0 Å². The number of hydrogen-bond acceptors (Lipinski definition) is 4. The van der Waals surface area contributed by atoms with Gasteiger partial charge in [-0.1, -0.05) is 0 Å². The molecule has 0 saturated carbocycles. The minimum atomic E-state index is -2.30. The topological polar surface area (TPSA) is 55.7 Å². The fourth-order valence-corrected chi connectivity index (χ4v) is 2.10. The average Bonchev–Trinajstić information content (AvgIpc) is 2.15. The van der Waals surface area contributed by atoms with Gasteiger partial charge in [-0.25, -0.2) is 9.97 Å². The minimum Gasteiger partial charge on any atom is -0.318 e. The van der Waals surface area contributed by atoms with Crippen LogP contribution < -0.4 is 5.44 Å². The van der Waals surface area contributed by atoms with E-state index < -0.39 is 7.14 Å². The number of nitrogens with zero attached hydrogens (tertiary/aromatic N) is 3. The maximum absolute atomic E-state index is 11.8. The van der Waals surface area contributed by atoms with Gasteiger partial charge in [0.15, 0.2) is 0 Å². The van der Waals surface area contributed by atoms with E-state index in [1.54, 1.807) is 31.8 Å². The van der Waals surface area contributed by atoms with Crippen LogP contribution in [0.25, 0.3) is 10.9 Å². The molecule has 2 aromatic heterocycles. The van der Waals surface area contributed by atoms with E-state index in [1.807, 2.05) is 6.92 Å². The monoisotopic (exact) mass is 221 g/mol. The highest BCUT2D eigenvalue weighted by molar-refractivity contribution is 7.69. The van der Waals surface area contributed by atoms with Gasteiger partial charge in [-0.15, -0.1) is 0 Å². The Labute approximate surface area is 88.2 Å². The first-order valence-electron chi connectivity index (χ1n) is 4.62. The van der Waals surface area contributed by atoms with Gasteiger partial charge in [-0.2, -0.15) is 0 Å². The van der Waals surface area contributed by atoms with Crippen molar-refractivity contribution in [3.8, 4) is 0 Å². The van der Waals surface area contributed by atoms with Gasteiger partial charge in [-0.3, -0.25) is 4.98 Å². The Kier molecular flexibility index (Phi) is 2.31. The van der Waals surface area contributed by atoms with Crippen molar-refractivity contribution in [2.75, 3.05) is 13.3 Å². The van der Waals surface area contributed by atoms with Crippen molar-refractivity contribution < 1.29 is 4.57 Å². The molecule has 2 rings (SSSR count). The summed E-state index contributed by atoms with van der Waals surface area (Å²) in [6.07, 6.45) is 3.39. The average molecular weight is 221 g/mol. The Morgan fingerprint density at radius 1 is 1.20 bits per heavy atom. The third kappa shape index (κ3) is 2.05. The molecule has 0 aliphatic heterocycles. The van der Waals surface area contributed by atoms with Crippen molar-refractivity contribution in [3.05, 3.63) is 24.3 Å². The van der Waals surface area contributed by atoms with E-state index in [0.29, 0.717) is 11.3 Å². The van der Waals surface area contributed by atoms with Gasteiger partial charge in [0.1, 0.15) is 18.4 Å². The van der Waals surface area contributed by atoms with Crippen molar-refractivity contribution in [1.82, 2.24) is 15.0 Å². The largest absolute Gasteiger partial charge is 0.318 e. The van der Waals surface area contributed by atoms with Gasteiger partial charge in [-0.05, 0) is 26.3 Å². The summed E-state index contributed by atoms with van der Waals surface area (Å²) in [4.78, 5) is 12.5. The molecule has 0 aromatic carbocycles. The Morgan fingerprint density at radius 3 is 2.60 bits per heavy atom. The molecule has 0 aliphatic carbocycles. The highest BCUT2D eigenvalue weighted by Crippen LogP contribution is 2.33. The van der Waals surface area contributed by atoms with Crippen LogP contribution in [0.1, 0.15) is 5.82 Å². The number of aromatic nitrogens is 3. The Bertz CT molecular complexity index is 562.